The van der Waals surface area contributed by atoms with E-state index in [1.165, 1.54) is 64.2 Å². The molecule has 1 aliphatic heterocycles. The predicted octanol–water partition coefficient (Wildman–Crippen LogP) is 7.92. The van der Waals surface area contributed by atoms with Gasteiger partial charge in [-0.05, 0) is 142 Å². The number of hydrogen-bond donors (Lipinski definition) is 2. The van der Waals surface area contributed by atoms with E-state index < -0.39 is 0 Å². The summed E-state index contributed by atoms with van der Waals surface area (Å²) in [4.78, 5) is 0. The molecule has 7 aliphatic rings. The number of rotatable bonds is 8. The second-order valence-corrected chi connectivity index (χ2v) is 16.9. The Labute approximate surface area is 246 Å². The number of likely N-dealkylation sites (N-methyl/N-ethyl adjacent to an activating group) is 1. The molecule has 0 aromatic rings. The van der Waals surface area contributed by atoms with Crippen molar-refractivity contribution in [2.45, 2.75) is 124 Å². The van der Waals surface area contributed by atoms with Crippen molar-refractivity contribution in [2.75, 3.05) is 26.7 Å². The Bertz CT molecular complexity index is 1070. The Morgan fingerprint density at radius 1 is 1.02 bits per heavy atom. The van der Waals surface area contributed by atoms with Crippen LogP contribution in [0.3, 0.4) is 0 Å². The molecule has 40 heavy (non-hydrogen) atoms. The average Bonchev–Trinajstić information content (AvgIpc) is 3.64. The fourth-order valence-electron chi connectivity index (χ4n) is 12.9. The highest BCUT2D eigenvalue weighted by molar-refractivity contribution is 5.46. The summed E-state index contributed by atoms with van der Waals surface area (Å²) in [6.45, 7) is 18.4. The van der Waals surface area contributed by atoms with Gasteiger partial charge in [-0.2, -0.15) is 0 Å². The summed E-state index contributed by atoms with van der Waals surface area (Å²) < 4.78 is 7.00. The first-order valence-electron chi connectivity index (χ1n) is 17.5. The van der Waals surface area contributed by atoms with Gasteiger partial charge in [0, 0.05) is 11.0 Å². The van der Waals surface area contributed by atoms with Crippen molar-refractivity contribution in [3.63, 3.8) is 0 Å². The van der Waals surface area contributed by atoms with Crippen LogP contribution in [0.25, 0.3) is 0 Å². The van der Waals surface area contributed by atoms with Gasteiger partial charge in [0.05, 0.1) is 12.7 Å². The zero-order valence-electron chi connectivity index (χ0n) is 27.0. The van der Waals surface area contributed by atoms with Crippen LogP contribution >= 0.6 is 0 Å². The van der Waals surface area contributed by atoms with E-state index in [-0.39, 0.29) is 5.54 Å². The van der Waals surface area contributed by atoms with Crippen LogP contribution in [0.4, 0.5) is 0 Å². The second-order valence-electron chi connectivity index (χ2n) is 16.9. The molecule has 0 radical (unpaired) electrons. The molecule has 0 aromatic heterocycles. The molecule has 3 heteroatoms. The average molecular weight is 549 g/mol. The highest BCUT2D eigenvalue weighted by Gasteiger charge is 2.83. The fraction of sp³-hybridized carbons (Fsp3) is 0.892. The molecule has 10 atom stereocenters. The smallest absolute Gasteiger partial charge is 0.0653 e. The maximum absolute atomic E-state index is 7.00. The number of fused-ring (bicyclic) bond motifs is 3. The van der Waals surface area contributed by atoms with E-state index in [1.807, 2.05) is 5.57 Å². The third kappa shape index (κ3) is 3.41. The lowest BCUT2D eigenvalue weighted by molar-refractivity contribution is -0.178. The molecular weight excluding hydrogens is 488 g/mol. The highest BCUT2D eigenvalue weighted by Crippen LogP contribution is 2.89. The van der Waals surface area contributed by atoms with Gasteiger partial charge >= 0.3 is 0 Å². The first-order chi connectivity index (χ1) is 19.1. The van der Waals surface area contributed by atoms with E-state index in [9.17, 15) is 0 Å². The normalized spacial score (nSPS) is 49.5. The summed E-state index contributed by atoms with van der Waals surface area (Å²) >= 11 is 0. The molecule has 4 saturated carbocycles. The zero-order valence-corrected chi connectivity index (χ0v) is 27.0. The minimum Gasteiger partial charge on any atom is -0.376 e. The number of ether oxygens (including phenoxy) is 1. The van der Waals surface area contributed by atoms with E-state index in [2.05, 4.69) is 77.5 Å². The fourth-order valence-corrected chi connectivity index (χ4v) is 12.9. The summed E-state index contributed by atoms with van der Waals surface area (Å²) in [5.41, 5.74) is 4.37. The number of nitrogens with one attached hydrogen (secondary N) is 2. The van der Waals surface area contributed by atoms with Gasteiger partial charge in [-0.25, -0.2) is 0 Å². The van der Waals surface area contributed by atoms with Crippen molar-refractivity contribution < 1.29 is 4.74 Å². The number of hydrogen-bond acceptors (Lipinski definition) is 3. The van der Waals surface area contributed by atoms with Crippen LogP contribution in [0.15, 0.2) is 23.8 Å². The molecule has 3 nitrogen and oxygen atoms in total. The molecule has 1 saturated heterocycles. The van der Waals surface area contributed by atoms with E-state index in [4.69, 9.17) is 4.74 Å². The Balaban J connectivity index is 1.13. The summed E-state index contributed by atoms with van der Waals surface area (Å²) in [5.74, 6) is 4.09. The molecule has 2 bridgehead atoms. The van der Waals surface area contributed by atoms with Gasteiger partial charge < -0.3 is 15.4 Å². The van der Waals surface area contributed by atoms with Crippen LogP contribution in [0.5, 0.6) is 0 Å². The molecule has 5 fully saturated rings. The van der Waals surface area contributed by atoms with Crippen LogP contribution < -0.4 is 10.6 Å². The third-order valence-electron chi connectivity index (χ3n) is 15.8. The molecule has 6 unspecified atom stereocenters. The molecule has 1 heterocycles. The molecule has 2 spiro atoms. The Morgan fingerprint density at radius 2 is 1.80 bits per heavy atom. The first kappa shape index (κ1) is 28.1. The largest absolute Gasteiger partial charge is 0.376 e. The molecule has 224 valence electrons. The van der Waals surface area contributed by atoms with Crippen molar-refractivity contribution in [1.82, 2.24) is 10.6 Å². The van der Waals surface area contributed by atoms with Crippen molar-refractivity contribution >= 4 is 0 Å². The molecule has 2 N–H and O–H groups in total. The van der Waals surface area contributed by atoms with Crippen LogP contribution in [0.2, 0.25) is 0 Å². The molecular formula is C37H60N2O. The number of piperidine rings is 1. The van der Waals surface area contributed by atoms with E-state index in [1.54, 1.807) is 0 Å². The summed E-state index contributed by atoms with van der Waals surface area (Å²) in [5, 5.41) is 7.23. The monoisotopic (exact) mass is 548 g/mol. The van der Waals surface area contributed by atoms with Gasteiger partial charge in [0.2, 0.25) is 0 Å². The predicted molar refractivity (Wildman–Crippen MR) is 166 cm³/mol. The second kappa shape index (κ2) is 9.18. The minimum atomic E-state index is 0.155. The van der Waals surface area contributed by atoms with Crippen molar-refractivity contribution in [3.8, 4) is 0 Å². The van der Waals surface area contributed by atoms with Crippen LogP contribution in [-0.4, -0.2) is 38.4 Å². The summed E-state index contributed by atoms with van der Waals surface area (Å²) in [6.07, 6.45) is 23.4. The van der Waals surface area contributed by atoms with Crippen molar-refractivity contribution in [2.24, 2.45) is 56.7 Å². The lowest BCUT2D eigenvalue weighted by atomic mass is 9.35. The lowest BCUT2D eigenvalue weighted by Crippen LogP contribution is -2.63. The Morgan fingerprint density at radius 3 is 2.50 bits per heavy atom. The molecule has 7 rings (SSSR count). The van der Waals surface area contributed by atoms with Gasteiger partial charge in [0.15, 0.2) is 0 Å². The lowest BCUT2D eigenvalue weighted by Gasteiger charge is -2.69. The maximum Gasteiger partial charge on any atom is 0.0653 e. The van der Waals surface area contributed by atoms with Crippen LogP contribution in [0, 0.1) is 56.7 Å². The standard InChI is InChI=1S/C37H60N2O/c1-8-31(40-24-36(38-7)18-20-39-21-19-36)33(6)29-11-10-27-28(37(29)22-30(33)37)12-15-35-14-9-13-34(23-35,26(4)25(2)3)17-16-32(27,35)5/h9,12,14,25-27,29-31,38-39H,8,10-11,13,15-24H2,1-7H3/t26-,27?,29?,30?,31?,32?,33-,34+,35+,37?/m1/s1. The quantitative estimate of drug-likeness (QED) is 0.302. The molecule has 6 aliphatic carbocycles. The maximum atomic E-state index is 7.00. The van der Waals surface area contributed by atoms with E-state index >= 15 is 0 Å². The number of allylic oxidation sites excluding steroid dienone is 4. The van der Waals surface area contributed by atoms with E-state index in [0.29, 0.717) is 33.2 Å². The van der Waals surface area contributed by atoms with Gasteiger partial charge in [0.1, 0.15) is 0 Å². The Hall–Kier alpha value is -0.640. The van der Waals surface area contributed by atoms with E-state index in [0.717, 1.165) is 55.7 Å². The van der Waals surface area contributed by atoms with Gasteiger partial charge in [-0.15, -0.1) is 0 Å². The Kier molecular flexibility index (Phi) is 6.46. The molecule has 0 amide bonds. The molecule has 0 aromatic carbocycles. The topological polar surface area (TPSA) is 33.3 Å². The first-order valence-corrected chi connectivity index (χ1v) is 17.5. The van der Waals surface area contributed by atoms with Gasteiger partial charge in [-0.1, -0.05) is 65.3 Å². The van der Waals surface area contributed by atoms with Gasteiger partial charge in [0.25, 0.3) is 0 Å². The van der Waals surface area contributed by atoms with Crippen molar-refractivity contribution in [1.29, 1.82) is 0 Å². The summed E-state index contributed by atoms with van der Waals surface area (Å²) in [6, 6.07) is 0. The van der Waals surface area contributed by atoms with Crippen molar-refractivity contribution in [3.05, 3.63) is 23.8 Å². The summed E-state index contributed by atoms with van der Waals surface area (Å²) in [7, 11) is 2.15. The van der Waals surface area contributed by atoms with Gasteiger partial charge in [-0.3, -0.25) is 0 Å². The minimum absolute atomic E-state index is 0.155. The van der Waals surface area contributed by atoms with Crippen LogP contribution in [0.1, 0.15) is 112 Å². The third-order valence-corrected chi connectivity index (χ3v) is 15.8. The highest BCUT2D eigenvalue weighted by atomic mass is 16.5. The SMILES string of the molecule is CCC(OCC1(NC)CCNCC1)[C@]1(C)C2CCC3C(=CC[C@]45C=CC[C@]([C@H](C)C(C)C)(CCC34C)C5)C23CC31. The van der Waals surface area contributed by atoms with Crippen LogP contribution in [-0.2, 0) is 4.74 Å². The zero-order chi connectivity index (χ0) is 28.2.